The highest BCUT2D eigenvalue weighted by molar-refractivity contribution is 14.1. The van der Waals surface area contributed by atoms with Crippen LogP contribution in [0.25, 0.3) is 0 Å². The van der Waals surface area contributed by atoms with Gasteiger partial charge in [0, 0.05) is 4.43 Å². The minimum atomic E-state index is 0.900. The Kier molecular flexibility index (Phi) is 6.39. The third-order valence-electron chi connectivity index (χ3n) is 1.21. The molecule has 0 aliphatic heterocycles. The van der Waals surface area contributed by atoms with E-state index in [9.17, 15) is 0 Å². The van der Waals surface area contributed by atoms with Crippen molar-refractivity contribution < 1.29 is 0 Å². The van der Waals surface area contributed by atoms with E-state index in [0.29, 0.717) is 0 Å². The van der Waals surface area contributed by atoms with Crippen molar-refractivity contribution >= 4 is 22.6 Å². The summed E-state index contributed by atoms with van der Waals surface area (Å²) in [5.74, 6) is 0.900. The molecule has 1 atom stereocenters. The number of halogens is 1. The molecule has 0 rings (SSSR count). The van der Waals surface area contributed by atoms with Gasteiger partial charge in [0.15, 0.2) is 0 Å². The maximum atomic E-state index is 3.79. The van der Waals surface area contributed by atoms with Gasteiger partial charge in [-0.3, -0.25) is 0 Å². The molecular weight excluding hydrogens is 211 g/mol. The number of rotatable bonds is 4. The molecule has 0 bridgehead atoms. The van der Waals surface area contributed by atoms with Crippen LogP contribution in [-0.4, -0.2) is 4.43 Å². The summed E-state index contributed by atoms with van der Waals surface area (Å²) in [4.78, 5) is 0. The molecule has 0 saturated heterocycles. The maximum Gasteiger partial charge on any atom is 0.00210 e. The van der Waals surface area contributed by atoms with Crippen LogP contribution in [0.4, 0.5) is 0 Å². The van der Waals surface area contributed by atoms with E-state index < -0.39 is 0 Å². The van der Waals surface area contributed by atoms with Gasteiger partial charge in [-0.25, -0.2) is 0 Å². The minimum Gasteiger partial charge on any atom is -0.0861 e. The van der Waals surface area contributed by atoms with E-state index in [1.165, 1.54) is 17.3 Å². The first kappa shape index (κ1) is 8.73. The molecule has 0 nitrogen and oxygen atoms in total. The van der Waals surface area contributed by atoms with E-state index in [2.05, 4.69) is 36.4 Å². The summed E-state index contributed by atoms with van der Waals surface area (Å²) in [6.45, 7) is 6.08. The lowest BCUT2D eigenvalue weighted by atomic mass is 10.1. The van der Waals surface area contributed by atoms with Crippen LogP contribution in [0.3, 0.4) is 0 Å². The Morgan fingerprint density at radius 1 is 1.62 bits per heavy atom. The quantitative estimate of drug-likeness (QED) is 0.509. The van der Waals surface area contributed by atoms with Gasteiger partial charge < -0.3 is 0 Å². The molecule has 0 aromatic heterocycles. The van der Waals surface area contributed by atoms with Crippen molar-refractivity contribution in [3.63, 3.8) is 0 Å². The SMILES string of the molecule is [CH2]CCCC(C)CI. The molecule has 0 fully saturated rings. The fourth-order valence-electron chi connectivity index (χ4n) is 0.570. The van der Waals surface area contributed by atoms with E-state index in [0.717, 1.165) is 12.3 Å². The second-order valence-electron chi connectivity index (χ2n) is 2.26. The number of hydrogen-bond acceptors (Lipinski definition) is 0. The predicted molar refractivity (Wildman–Crippen MR) is 47.3 cm³/mol. The summed E-state index contributed by atoms with van der Waals surface area (Å²) < 4.78 is 1.29. The minimum absolute atomic E-state index is 0.900. The third-order valence-corrected chi connectivity index (χ3v) is 2.71. The zero-order valence-corrected chi connectivity index (χ0v) is 7.65. The first-order chi connectivity index (χ1) is 3.81. The lowest BCUT2D eigenvalue weighted by Crippen LogP contribution is -1.93. The highest BCUT2D eigenvalue weighted by Gasteiger charge is 1.95. The van der Waals surface area contributed by atoms with Crippen LogP contribution in [0.5, 0.6) is 0 Å². The highest BCUT2D eigenvalue weighted by Crippen LogP contribution is 2.09. The summed E-state index contributed by atoms with van der Waals surface area (Å²) in [6, 6.07) is 0. The molecule has 0 saturated carbocycles. The summed E-state index contributed by atoms with van der Waals surface area (Å²) in [6.07, 6.45) is 3.75. The van der Waals surface area contributed by atoms with Crippen LogP contribution < -0.4 is 0 Å². The van der Waals surface area contributed by atoms with E-state index in [4.69, 9.17) is 0 Å². The lowest BCUT2D eigenvalue weighted by molar-refractivity contribution is 0.574. The standard InChI is InChI=1S/C7H14I/c1-3-4-5-7(2)6-8/h7H,1,3-6H2,2H3. The van der Waals surface area contributed by atoms with Crippen molar-refractivity contribution in [2.75, 3.05) is 4.43 Å². The smallest absolute Gasteiger partial charge is 0.00210 e. The van der Waals surface area contributed by atoms with Gasteiger partial charge in [0.25, 0.3) is 0 Å². The Bertz CT molecular complexity index is 43.7. The van der Waals surface area contributed by atoms with Crippen LogP contribution in [0.2, 0.25) is 0 Å². The van der Waals surface area contributed by atoms with Gasteiger partial charge >= 0.3 is 0 Å². The molecule has 0 aromatic rings. The van der Waals surface area contributed by atoms with Crippen molar-refractivity contribution in [1.29, 1.82) is 0 Å². The zero-order valence-electron chi connectivity index (χ0n) is 5.49. The van der Waals surface area contributed by atoms with E-state index >= 15 is 0 Å². The number of hydrogen-bond donors (Lipinski definition) is 0. The Labute approximate surface area is 66.2 Å². The Hall–Kier alpha value is 0.730. The highest BCUT2D eigenvalue weighted by atomic mass is 127. The molecule has 1 radical (unpaired) electrons. The molecular formula is C7H14I. The molecule has 0 heterocycles. The molecule has 0 aliphatic rings. The van der Waals surface area contributed by atoms with Gasteiger partial charge in [0.05, 0.1) is 0 Å². The maximum absolute atomic E-state index is 3.79. The largest absolute Gasteiger partial charge is 0.0861 e. The second kappa shape index (κ2) is 5.86. The average Bonchev–Trinajstić information content (AvgIpc) is 1.83. The van der Waals surface area contributed by atoms with Crippen LogP contribution in [0.1, 0.15) is 26.2 Å². The first-order valence-electron chi connectivity index (χ1n) is 3.16. The molecule has 1 unspecified atom stereocenters. The second-order valence-corrected chi connectivity index (χ2v) is 3.14. The molecule has 8 heavy (non-hydrogen) atoms. The number of unbranched alkanes of at least 4 members (excludes halogenated alkanes) is 1. The molecule has 1 heteroatoms. The van der Waals surface area contributed by atoms with Gasteiger partial charge in [0.1, 0.15) is 0 Å². The third kappa shape index (κ3) is 4.88. The first-order valence-corrected chi connectivity index (χ1v) is 4.69. The van der Waals surface area contributed by atoms with Gasteiger partial charge in [0.2, 0.25) is 0 Å². The topological polar surface area (TPSA) is 0 Å². The van der Waals surface area contributed by atoms with Crippen LogP contribution >= 0.6 is 22.6 Å². The summed E-state index contributed by atoms with van der Waals surface area (Å²) in [5.41, 5.74) is 0. The van der Waals surface area contributed by atoms with Gasteiger partial charge in [-0.15, -0.1) is 0 Å². The van der Waals surface area contributed by atoms with Crippen LogP contribution in [0, 0.1) is 12.8 Å². The average molecular weight is 225 g/mol. The predicted octanol–water partition coefficient (Wildman–Crippen LogP) is 3.06. The fraction of sp³-hybridized carbons (Fsp3) is 0.857. The zero-order chi connectivity index (χ0) is 6.41. The molecule has 0 amide bonds. The van der Waals surface area contributed by atoms with E-state index in [1.807, 2.05) is 0 Å². The molecule has 0 spiro atoms. The summed E-state index contributed by atoms with van der Waals surface area (Å²) >= 11 is 2.43. The lowest BCUT2D eigenvalue weighted by Gasteiger charge is -2.03. The van der Waals surface area contributed by atoms with Gasteiger partial charge in [-0.2, -0.15) is 0 Å². The van der Waals surface area contributed by atoms with Crippen molar-refractivity contribution in [3.8, 4) is 0 Å². The Morgan fingerprint density at radius 3 is 2.62 bits per heavy atom. The molecule has 0 aromatic carbocycles. The monoisotopic (exact) mass is 225 g/mol. The molecule has 0 aliphatic carbocycles. The summed E-state index contributed by atoms with van der Waals surface area (Å²) in [5, 5.41) is 0. The van der Waals surface area contributed by atoms with Crippen molar-refractivity contribution in [1.82, 2.24) is 0 Å². The fourth-order valence-corrected chi connectivity index (χ4v) is 1.01. The molecule has 49 valence electrons. The Balaban J connectivity index is 2.86. The molecule has 0 N–H and O–H groups in total. The van der Waals surface area contributed by atoms with Crippen molar-refractivity contribution in [2.24, 2.45) is 5.92 Å². The summed E-state index contributed by atoms with van der Waals surface area (Å²) in [7, 11) is 0. The van der Waals surface area contributed by atoms with Crippen LogP contribution in [0.15, 0.2) is 0 Å². The van der Waals surface area contributed by atoms with Crippen molar-refractivity contribution in [3.05, 3.63) is 6.92 Å². The van der Waals surface area contributed by atoms with E-state index in [-0.39, 0.29) is 0 Å². The van der Waals surface area contributed by atoms with Crippen molar-refractivity contribution in [2.45, 2.75) is 26.2 Å². The van der Waals surface area contributed by atoms with Crippen LogP contribution in [-0.2, 0) is 0 Å². The van der Waals surface area contributed by atoms with Gasteiger partial charge in [-0.1, -0.05) is 49.3 Å². The van der Waals surface area contributed by atoms with Gasteiger partial charge in [-0.05, 0) is 12.3 Å². The number of alkyl halides is 1. The Morgan fingerprint density at radius 2 is 2.25 bits per heavy atom. The van der Waals surface area contributed by atoms with E-state index in [1.54, 1.807) is 0 Å². The normalized spacial score (nSPS) is 13.9.